The number of nitrogens with zero attached hydrogens (tertiary/aromatic N) is 1. The number of hydrogen-bond acceptors (Lipinski definition) is 1. The van der Waals surface area contributed by atoms with Crippen LogP contribution >= 0.6 is 15.9 Å². The summed E-state index contributed by atoms with van der Waals surface area (Å²) in [6.07, 6.45) is 8.49. The molecule has 2 aliphatic rings. The molecule has 2 heteroatoms. The summed E-state index contributed by atoms with van der Waals surface area (Å²) in [4.78, 5) is 2.39. The van der Waals surface area contributed by atoms with Crippen LogP contribution in [0.3, 0.4) is 0 Å². The van der Waals surface area contributed by atoms with Gasteiger partial charge in [-0.15, -0.1) is 0 Å². The van der Waals surface area contributed by atoms with E-state index in [0.29, 0.717) is 0 Å². The molecule has 1 fully saturated rings. The first kappa shape index (κ1) is 8.36. The quantitative estimate of drug-likeness (QED) is 0.616. The van der Waals surface area contributed by atoms with Crippen molar-refractivity contribution in [2.24, 2.45) is 5.92 Å². The van der Waals surface area contributed by atoms with Gasteiger partial charge in [0.15, 0.2) is 0 Å². The van der Waals surface area contributed by atoms with Crippen LogP contribution in [-0.4, -0.2) is 18.5 Å². The van der Waals surface area contributed by atoms with E-state index in [4.69, 9.17) is 0 Å². The number of piperidine rings is 1. The van der Waals surface area contributed by atoms with Gasteiger partial charge in [0, 0.05) is 29.7 Å². The van der Waals surface area contributed by atoms with Gasteiger partial charge in [-0.2, -0.15) is 0 Å². The Balaban J connectivity index is 2.23. The Morgan fingerprint density at radius 2 is 2.42 bits per heavy atom. The van der Waals surface area contributed by atoms with Crippen molar-refractivity contribution in [2.45, 2.75) is 19.3 Å². The van der Waals surface area contributed by atoms with Gasteiger partial charge in [0.25, 0.3) is 0 Å². The average Bonchev–Trinajstić information content (AvgIpc) is 2.07. The summed E-state index contributed by atoms with van der Waals surface area (Å²) in [7, 11) is 2.20. The fraction of sp³-hybridized carbons (Fsp3) is 0.600. The molecule has 1 atom stereocenters. The lowest BCUT2D eigenvalue weighted by atomic mass is 9.88. The predicted octanol–water partition coefficient (Wildman–Crippen LogP) is 2.89. The Hall–Kier alpha value is -0.240. The van der Waals surface area contributed by atoms with Gasteiger partial charge in [-0.3, -0.25) is 0 Å². The summed E-state index contributed by atoms with van der Waals surface area (Å²) >= 11 is 3.54. The highest BCUT2D eigenvalue weighted by Crippen LogP contribution is 2.34. The summed E-state index contributed by atoms with van der Waals surface area (Å²) in [5.41, 5.74) is 1.52. The molecule has 0 N–H and O–H groups in total. The zero-order valence-electron chi connectivity index (χ0n) is 7.39. The van der Waals surface area contributed by atoms with Gasteiger partial charge in [-0.05, 0) is 25.3 Å². The van der Waals surface area contributed by atoms with Gasteiger partial charge in [0.05, 0.1) is 0 Å². The predicted molar refractivity (Wildman–Crippen MR) is 55.1 cm³/mol. The van der Waals surface area contributed by atoms with E-state index in [0.717, 1.165) is 5.92 Å². The third-order valence-corrected chi connectivity index (χ3v) is 3.34. The smallest absolute Gasteiger partial charge is 0.0176 e. The van der Waals surface area contributed by atoms with Crippen LogP contribution in [0, 0.1) is 5.92 Å². The number of allylic oxidation sites excluding steroid dienone is 4. The molecule has 2 rings (SSSR count). The second kappa shape index (κ2) is 3.25. The molecule has 0 aromatic heterocycles. The first-order valence-corrected chi connectivity index (χ1v) is 5.35. The molecule has 1 unspecified atom stereocenters. The molecule has 1 nitrogen and oxygen atoms in total. The van der Waals surface area contributed by atoms with E-state index < -0.39 is 0 Å². The van der Waals surface area contributed by atoms with Crippen molar-refractivity contribution in [1.29, 1.82) is 0 Å². The Labute approximate surface area is 82.3 Å². The summed E-state index contributed by atoms with van der Waals surface area (Å²) in [5.74, 6) is 0.796. The van der Waals surface area contributed by atoms with Crippen molar-refractivity contribution in [2.75, 3.05) is 13.6 Å². The molecule has 0 aromatic carbocycles. The summed E-state index contributed by atoms with van der Waals surface area (Å²) in [6, 6.07) is 0. The van der Waals surface area contributed by atoms with Crippen LogP contribution in [0.4, 0.5) is 0 Å². The van der Waals surface area contributed by atoms with Crippen molar-refractivity contribution in [3.63, 3.8) is 0 Å². The summed E-state index contributed by atoms with van der Waals surface area (Å²) < 4.78 is 1.25. The number of fused-ring (bicyclic) bond motifs is 1. The van der Waals surface area contributed by atoms with Crippen molar-refractivity contribution in [3.8, 4) is 0 Å². The van der Waals surface area contributed by atoms with Crippen molar-refractivity contribution in [3.05, 3.63) is 22.3 Å². The number of likely N-dealkylation sites (tertiary alicyclic amines) is 1. The van der Waals surface area contributed by atoms with Crippen LogP contribution in [0.1, 0.15) is 19.3 Å². The molecule has 1 saturated heterocycles. The van der Waals surface area contributed by atoms with Crippen molar-refractivity contribution < 1.29 is 0 Å². The third-order valence-electron chi connectivity index (χ3n) is 2.79. The van der Waals surface area contributed by atoms with Crippen LogP contribution in [0.25, 0.3) is 0 Å². The Kier molecular flexibility index (Phi) is 2.26. The van der Waals surface area contributed by atoms with Crippen molar-refractivity contribution >= 4 is 15.9 Å². The molecule has 0 radical (unpaired) electrons. The molecule has 0 bridgehead atoms. The Morgan fingerprint density at radius 3 is 3.25 bits per heavy atom. The fourth-order valence-electron chi connectivity index (χ4n) is 2.09. The maximum Gasteiger partial charge on any atom is 0.0176 e. The van der Waals surface area contributed by atoms with Crippen LogP contribution in [0.5, 0.6) is 0 Å². The second-order valence-electron chi connectivity index (χ2n) is 3.65. The summed E-state index contributed by atoms with van der Waals surface area (Å²) in [5, 5.41) is 0. The van der Waals surface area contributed by atoms with Gasteiger partial charge in [-0.25, -0.2) is 0 Å². The molecule has 66 valence electrons. The topological polar surface area (TPSA) is 3.24 Å². The lowest BCUT2D eigenvalue weighted by Gasteiger charge is -2.35. The Bertz CT molecular complexity index is 242. The minimum Gasteiger partial charge on any atom is -0.378 e. The van der Waals surface area contributed by atoms with E-state index in [1.54, 1.807) is 0 Å². The minimum atomic E-state index is 0.796. The third kappa shape index (κ3) is 1.45. The molecule has 1 aliphatic carbocycles. The maximum absolute atomic E-state index is 3.54. The van der Waals surface area contributed by atoms with E-state index in [2.05, 4.69) is 40.0 Å². The molecular weight excluding hydrogens is 214 g/mol. The highest BCUT2D eigenvalue weighted by atomic mass is 79.9. The first-order chi connectivity index (χ1) is 5.77. The molecule has 0 aromatic rings. The standard InChI is InChI=1S/C10H14BrN/c1-12-6-2-3-8-4-5-9(11)7-10(8)12/h5,7-8H,2-4,6H2,1H3. The monoisotopic (exact) mass is 227 g/mol. The molecule has 0 saturated carbocycles. The first-order valence-electron chi connectivity index (χ1n) is 4.56. The largest absolute Gasteiger partial charge is 0.378 e. The van der Waals surface area contributed by atoms with Gasteiger partial charge in [-0.1, -0.05) is 22.0 Å². The highest BCUT2D eigenvalue weighted by Gasteiger charge is 2.23. The maximum atomic E-state index is 3.54. The van der Waals surface area contributed by atoms with Crippen molar-refractivity contribution in [1.82, 2.24) is 4.90 Å². The van der Waals surface area contributed by atoms with Crippen LogP contribution < -0.4 is 0 Å². The lowest BCUT2D eigenvalue weighted by molar-refractivity contribution is 0.280. The van der Waals surface area contributed by atoms with E-state index in [1.165, 1.54) is 36.0 Å². The normalized spacial score (nSPS) is 29.2. The van der Waals surface area contributed by atoms with E-state index in [9.17, 15) is 0 Å². The number of rotatable bonds is 0. The van der Waals surface area contributed by atoms with Crippen LogP contribution in [0.15, 0.2) is 22.3 Å². The van der Waals surface area contributed by atoms with Crippen LogP contribution in [0.2, 0.25) is 0 Å². The zero-order valence-corrected chi connectivity index (χ0v) is 8.97. The molecule has 0 spiro atoms. The van der Waals surface area contributed by atoms with E-state index in [1.807, 2.05) is 0 Å². The fourth-order valence-corrected chi connectivity index (χ4v) is 2.51. The molecule has 1 aliphatic heterocycles. The molecule has 1 heterocycles. The highest BCUT2D eigenvalue weighted by molar-refractivity contribution is 9.11. The minimum absolute atomic E-state index is 0.796. The second-order valence-corrected chi connectivity index (χ2v) is 4.57. The zero-order chi connectivity index (χ0) is 8.55. The SMILES string of the molecule is CN1CCCC2CC=C(Br)C=C21. The number of hydrogen-bond donors (Lipinski definition) is 0. The Morgan fingerprint density at radius 1 is 1.58 bits per heavy atom. The van der Waals surface area contributed by atoms with Crippen LogP contribution in [-0.2, 0) is 0 Å². The molecular formula is C10H14BrN. The van der Waals surface area contributed by atoms with E-state index >= 15 is 0 Å². The van der Waals surface area contributed by atoms with Gasteiger partial charge >= 0.3 is 0 Å². The lowest BCUT2D eigenvalue weighted by Crippen LogP contribution is -2.30. The van der Waals surface area contributed by atoms with E-state index in [-0.39, 0.29) is 0 Å². The molecule has 0 amide bonds. The summed E-state index contributed by atoms with van der Waals surface area (Å²) in [6.45, 7) is 1.22. The molecule has 12 heavy (non-hydrogen) atoms. The van der Waals surface area contributed by atoms with Gasteiger partial charge < -0.3 is 4.90 Å². The van der Waals surface area contributed by atoms with Gasteiger partial charge in [0.2, 0.25) is 0 Å². The number of halogens is 1. The van der Waals surface area contributed by atoms with Gasteiger partial charge in [0.1, 0.15) is 0 Å². The average molecular weight is 228 g/mol.